The lowest BCUT2D eigenvalue weighted by Gasteiger charge is -2.23. The van der Waals surface area contributed by atoms with Gasteiger partial charge in [0.1, 0.15) is 6.04 Å². The fourth-order valence-corrected chi connectivity index (χ4v) is 1.64. The number of amides is 2. The minimum atomic E-state index is -0.629. The Bertz CT molecular complexity index is 267. The number of nitrogens with two attached hydrogens (primary N) is 1. The molecule has 0 heterocycles. The first-order valence-corrected chi connectivity index (χ1v) is 6.73. The molecule has 0 saturated heterocycles. The first-order chi connectivity index (χ1) is 8.40. The van der Waals surface area contributed by atoms with Gasteiger partial charge >= 0.3 is 0 Å². The zero-order valence-electron chi connectivity index (χ0n) is 12.0. The molecule has 0 rings (SSSR count). The highest BCUT2D eigenvalue weighted by Gasteiger charge is 2.23. The molecule has 18 heavy (non-hydrogen) atoms. The number of hydrogen-bond acceptors (Lipinski definition) is 3. The number of hydrogen-bond donors (Lipinski definition) is 3. The molecular weight excluding hydrogens is 230 g/mol. The Morgan fingerprint density at radius 3 is 2.22 bits per heavy atom. The van der Waals surface area contributed by atoms with Crippen molar-refractivity contribution in [2.24, 2.45) is 11.7 Å². The number of unbranched alkanes of at least 4 members (excludes halogenated alkanes) is 2. The van der Waals surface area contributed by atoms with Crippen LogP contribution in [0.4, 0.5) is 0 Å². The number of rotatable bonds is 9. The second kappa shape index (κ2) is 8.91. The molecule has 1 unspecified atom stereocenters. The Hall–Kier alpha value is -1.10. The van der Waals surface area contributed by atoms with Crippen LogP contribution in [-0.4, -0.2) is 30.4 Å². The van der Waals surface area contributed by atoms with E-state index in [1.165, 1.54) is 0 Å². The summed E-state index contributed by atoms with van der Waals surface area (Å²) in [5, 5.41) is 5.86. The van der Waals surface area contributed by atoms with E-state index in [1.54, 1.807) is 6.92 Å². The maximum atomic E-state index is 12.0. The largest absolute Gasteiger partial charge is 0.368 e. The van der Waals surface area contributed by atoms with Gasteiger partial charge in [-0.3, -0.25) is 9.59 Å². The molecule has 0 radical (unpaired) electrons. The zero-order chi connectivity index (χ0) is 14.1. The molecule has 0 saturated carbocycles. The first kappa shape index (κ1) is 16.9. The predicted octanol–water partition coefficient (Wildman–Crippen LogP) is 0.781. The van der Waals surface area contributed by atoms with Crippen molar-refractivity contribution in [2.75, 3.05) is 6.54 Å². The molecule has 0 aromatic heterocycles. The van der Waals surface area contributed by atoms with Gasteiger partial charge in [0.15, 0.2) is 0 Å². The molecule has 2 atom stereocenters. The zero-order valence-corrected chi connectivity index (χ0v) is 12.0. The van der Waals surface area contributed by atoms with Crippen LogP contribution in [-0.2, 0) is 9.59 Å². The SMILES string of the molecule is CCCCCNC(C(=O)N[C@@H](C)C(N)=O)C(C)C. The Labute approximate surface area is 110 Å². The average Bonchev–Trinajstić information content (AvgIpc) is 2.27. The van der Waals surface area contributed by atoms with E-state index in [9.17, 15) is 9.59 Å². The van der Waals surface area contributed by atoms with Crippen molar-refractivity contribution in [3.63, 3.8) is 0 Å². The fraction of sp³-hybridized carbons (Fsp3) is 0.846. The van der Waals surface area contributed by atoms with Gasteiger partial charge in [-0.2, -0.15) is 0 Å². The first-order valence-electron chi connectivity index (χ1n) is 6.73. The van der Waals surface area contributed by atoms with Crippen molar-refractivity contribution in [2.45, 2.75) is 59.0 Å². The predicted molar refractivity (Wildman–Crippen MR) is 73.0 cm³/mol. The van der Waals surface area contributed by atoms with Crippen LogP contribution in [0, 0.1) is 5.92 Å². The third-order valence-electron chi connectivity index (χ3n) is 2.88. The number of carbonyl (C=O) groups excluding carboxylic acids is 2. The van der Waals surface area contributed by atoms with Crippen LogP contribution in [0.25, 0.3) is 0 Å². The Balaban J connectivity index is 4.23. The summed E-state index contributed by atoms with van der Waals surface area (Å²) in [6.07, 6.45) is 3.36. The monoisotopic (exact) mass is 257 g/mol. The van der Waals surface area contributed by atoms with Crippen molar-refractivity contribution >= 4 is 11.8 Å². The summed E-state index contributed by atoms with van der Waals surface area (Å²) in [6, 6.07) is -0.903. The van der Waals surface area contributed by atoms with Crippen molar-refractivity contribution in [1.82, 2.24) is 10.6 Å². The van der Waals surface area contributed by atoms with E-state index >= 15 is 0 Å². The van der Waals surface area contributed by atoms with E-state index < -0.39 is 11.9 Å². The standard InChI is InChI=1S/C13H27N3O2/c1-5-6-7-8-15-11(9(2)3)13(18)16-10(4)12(14)17/h9-11,15H,5-8H2,1-4H3,(H2,14,17)(H,16,18)/t10-,11?/m0/s1. The van der Waals surface area contributed by atoms with Crippen LogP contribution in [0.1, 0.15) is 47.0 Å². The lowest BCUT2D eigenvalue weighted by Crippen LogP contribution is -2.52. The molecule has 0 bridgehead atoms. The topological polar surface area (TPSA) is 84.2 Å². The van der Waals surface area contributed by atoms with Gasteiger partial charge < -0.3 is 16.4 Å². The van der Waals surface area contributed by atoms with Gasteiger partial charge in [-0.25, -0.2) is 0 Å². The molecule has 2 amide bonds. The average molecular weight is 257 g/mol. The molecule has 106 valence electrons. The number of carbonyl (C=O) groups is 2. The normalized spacial score (nSPS) is 14.3. The molecule has 5 heteroatoms. The Morgan fingerprint density at radius 1 is 1.17 bits per heavy atom. The van der Waals surface area contributed by atoms with Crippen LogP contribution >= 0.6 is 0 Å². The molecule has 0 aliphatic carbocycles. The van der Waals surface area contributed by atoms with Crippen LogP contribution in [0.2, 0.25) is 0 Å². The van der Waals surface area contributed by atoms with Gasteiger partial charge in [0, 0.05) is 0 Å². The second-order valence-electron chi connectivity index (χ2n) is 5.02. The molecule has 0 aromatic carbocycles. The summed E-state index contributed by atoms with van der Waals surface area (Å²) < 4.78 is 0. The van der Waals surface area contributed by atoms with E-state index in [0.29, 0.717) is 0 Å². The lowest BCUT2D eigenvalue weighted by molar-refractivity contribution is -0.129. The van der Waals surface area contributed by atoms with Crippen molar-refractivity contribution in [3.05, 3.63) is 0 Å². The van der Waals surface area contributed by atoms with Gasteiger partial charge in [0.25, 0.3) is 0 Å². The summed E-state index contributed by atoms with van der Waals surface area (Å²) in [6.45, 7) is 8.50. The van der Waals surface area contributed by atoms with Crippen LogP contribution in [0.5, 0.6) is 0 Å². The van der Waals surface area contributed by atoms with E-state index in [4.69, 9.17) is 5.73 Å². The molecule has 0 fully saturated rings. The second-order valence-corrected chi connectivity index (χ2v) is 5.02. The van der Waals surface area contributed by atoms with Gasteiger partial charge in [0.05, 0.1) is 6.04 Å². The maximum Gasteiger partial charge on any atom is 0.239 e. The molecule has 0 aromatic rings. The third-order valence-corrected chi connectivity index (χ3v) is 2.88. The number of nitrogens with one attached hydrogen (secondary N) is 2. The van der Waals surface area contributed by atoms with E-state index in [-0.39, 0.29) is 17.9 Å². The highest BCUT2D eigenvalue weighted by molar-refractivity contribution is 5.88. The van der Waals surface area contributed by atoms with E-state index in [1.807, 2.05) is 13.8 Å². The van der Waals surface area contributed by atoms with Crippen LogP contribution in [0.3, 0.4) is 0 Å². The lowest BCUT2D eigenvalue weighted by atomic mass is 10.0. The molecule has 0 aliphatic heterocycles. The van der Waals surface area contributed by atoms with Crippen molar-refractivity contribution < 1.29 is 9.59 Å². The van der Waals surface area contributed by atoms with Crippen molar-refractivity contribution in [1.29, 1.82) is 0 Å². The van der Waals surface area contributed by atoms with Gasteiger partial charge in [-0.05, 0) is 25.8 Å². The number of primary amides is 1. The summed E-state index contributed by atoms with van der Waals surface area (Å²) in [4.78, 5) is 22.9. The van der Waals surface area contributed by atoms with Crippen molar-refractivity contribution in [3.8, 4) is 0 Å². The fourth-order valence-electron chi connectivity index (χ4n) is 1.64. The maximum absolute atomic E-state index is 12.0. The van der Waals surface area contributed by atoms with Crippen LogP contribution in [0.15, 0.2) is 0 Å². The quantitative estimate of drug-likeness (QED) is 0.534. The Kier molecular flexibility index (Phi) is 8.37. The molecular formula is C13H27N3O2. The van der Waals surface area contributed by atoms with E-state index in [0.717, 1.165) is 25.8 Å². The molecule has 0 spiro atoms. The minimum absolute atomic E-state index is 0.159. The third kappa shape index (κ3) is 6.59. The molecule has 5 nitrogen and oxygen atoms in total. The van der Waals surface area contributed by atoms with Gasteiger partial charge in [-0.15, -0.1) is 0 Å². The highest BCUT2D eigenvalue weighted by Crippen LogP contribution is 2.03. The molecule has 4 N–H and O–H groups in total. The summed E-state index contributed by atoms with van der Waals surface area (Å²) in [7, 11) is 0. The van der Waals surface area contributed by atoms with Crippen LogP contribution < -0.4 is 16.4 Å². The van der Waals surface area contributed by atoms with Gasteiger partial charge in [-0.1, -0.05) is 33.6 Å². The summed E-state index contributed by atoms with van der Waals surface area (Å²) in [5.41, 5.74) is 5.13. The summed E-state index contributed by atoms with van der Waals surface area (Å²) in [5.74, 6) is -0.503. The van der Waals surface area contributed by atoms with Gasteiger partial charge in [0.2, 0.25) is 11.8 Å². The smallest absolute Gasteiger partial charge is 0.239 e. The van der Waals surface area contributed by atoms with E-state index in [2.05, 4.69) is 17.6 Å². The summed E-state index contributed by atoms with van der Waals surface area (Å²) >= 11 is 0. The molecule has 0 aliphatic rings. The minimum Gasteiger partial charge on any atom is -0.368 e. The Morgan fingerprint density at radius 2 is 1.78 bits per heavy atom. The highest BCUT2D eigenvalue weighted by atomic mass is 16.2.